The van der Waals surface area contributed by atoms with Crippen LogP contribution in [0, 0.1) is 0 Å². The second-order valence-corrected chi connectivity index (χ2v) is 5.50. The standard InChI is InChI=1S/C16H22N2/c1-3-13-4-5-16-14(12-13)6-11-18(16)15-7-9-17(2)10-8-15/h4-6,11-12,15H,3,7-10H2,1-2H3. The minimum atomic E-state index is 0.686. The molecule has 0 unspecified atom stereocenters. The number of hydrogen-bond donors (Lipinski definition) is 0. The van der Waals surface area contributed by atoms with E-state index in [0.29, 0.717) is 6.04 Å². The normalized spacial score (nSPS) is 18.6. The van der Waals surface area contributed by atoms with Gasteiger partial charge in [0.1, 0.15) is 0 Å². The molecule has 1 aromatic carbocycles. The van der Waals surface area contributed by atoms with Crippen LogP contribution in [0.5, 0.6) is 0 Å². The maximum Gasteiger partial charge on any atom is 0.0483 e. The summed E-state index contributed by atoms with van der Waals surface area (Å²) in [4.78, 5) is 2.43. The minimum Gasteiger partial charge on any atom is -0.344 e. The predicted octanol–water partition coefficient (Wildman–Crippen LogP) is 3.47. The zero-order valence-corrected chi connectivity index (χ0v) is 11.4. The Bertz CT molecular complexity index is 533. The maximum atomic E-state index is 2.49. The van der Waals surface area contributed by atoms with Crippen LogP contribution in [0.15, 0.2) is 30.5 Å². The Labute approximate surface area is 109 Å². The van der Waals surface area contributed by atoms with Gasteiger partial charge < -0.3 is 9.47 Å². The number of aromatic nitrogens is 1. The van der Waals surface area contributed by atoms with E-state index in [2.05, 4.69) is 53.9 Å². The monoisotopic (exact) mass is 242 g/mol. The summed E-state index contributed by atoms with van der Waals surface area (Å²) in [6.07, 6.45) is 5.95. The molecular formula is C16H22N2. The van der Waals surface area contributed by atoms with Crippen LogP contribution in [0.4, 0.5) is 0 Å². The lowest BCUT2D eigenvalue weighted by Gasteiger charge is -2.30. The van der Waals surface area contributed by atoms with Gasteiger partial charge in [-0.25, -0.2) is 0 Å². The topological polar surface area (TPSA) is 8.17 Å². The van der Waals surface area contributed by atoms with Crippen LogP contribution in [-0.4, -0.2) is 29.6 Å². The molecule has 2 heteroatoms. The van der Waals surface area contributed by atoms with Crippen molar-refractivity contribution in [3.8, 4) is 0 Å². The number of rotatable bonds is 2. The molecule has 0 aliphatic carbocycles. The van der Waals surface area contributed by atoms with Gasteiger partial charge in [-0.3, -0.25) is 0 Å². The highest BCUT2D eigenvalue weighted by atomic mass is 15.1. The van der Waals surface area contributed by atoms with E-state index in [0.717, 1.165) is 6.42 Å². The van der Waals surface area contributed by atoms with E-state index in [1.54, 1.807) is 0 Å². The van der Waals surface area contributed by atoms with Gasteiger partial charge in [0.05, 0.1) is 0 Å². The lowest BCUT2D eigenvalue weighted by Crippen LogP contribution is -2.31. The van der Waals surface area contributed by atoms with Crippen molar-refractivity contribution in [2.45, 2.75) is 32.2 Å². The molecule has 0 amide bonds. The maximum absolute atomic E-state index is 2.49. The van der Waals surface area contributed by atoms with Crippen molar-refractivity contribution in [1.29, 1.82) is 0 Å². The first-order valence-corrected chi connectivity index (χ1v) is 7.06. The van der Waals surface area contributed by atoms with Crippen molar-refractivity contribution in [2.24, 2.45) is 0 Å². The van der Waals surface area contributed by atoms with Gasteiger partial charge in [0, 0.05) is 17.8 Å². The summed E-state index contributed by atoms with van der Waals surface area (Å²) >= 11 is 0. The van der Waals surface area contributed by atoms with E-state index in [1.165, 1.54) is 42.4 Å². The van der Waals surface area contributed by atoms with E-state index >= 15 is 0 Å². The summed E-state index contributed by atoms with van der Waals surface area (Å²) in [6, 6.07) is 9.86. The highest BCUT2D eigenvalue weighted by molar-refractivity contribution is 5.81. The molecule has 2 nitrogen and oxygen atoms in total. The van der Waals surface area contributed by atoms with Crippen LogP contribution in [-0.2, 0) is 6.42 Å². The fraction of sp³-hybridized carbons (Fsp3) is 0.500. The molecular weight excluding hydrogens is 220 g/mol. The molecule has 0 spiro atoms. The Morgan fingerprint density at radius 2 is 1.94 bits per heavy atom. The average molecular weight is 242 g/mol. The number of fused-ring (bicyclic) bond motifs is 1. The highest BCUT2D eigenvalue weighted by Crippen LogP contribution is 2.27. The van der Waals surface area contributed by atoms with Crippen LogP contribution in [0.3, 0.4) is 0 Å². The molecule has 1 aliphatic rings. The first-order valence-electron chi connectivity index (χ1n) is 7.06. The number of benzene rings is 1. The van der Waals surface area contributed by atoms with E-state index in [4.69, 9.17) is 0 Å². The SMILES string of the molecule is CCc1ccc2c(ccn2C2CCN(C)CC2)c1. The molecule has 0 saturated carbocycles. The highest BCUT2D eigenvalue weighted by Gasteiger charge is 2.19. The summed E-state index contributed by atoms with van der Waals surface area (Å²) in [6.45, 7) is 4.66. The summed E-state index contributed by atoms with van der Waals surface area (Å²) in [5.74, 6) is 0. The third kappa shape index (κ3) is 2.05. The van der Waals surface area contributed by atoms with Crippen molar-refractivity contribution >= 4 is 10.9 Å². The summed E-state index contributed by atoms with van der Waals surface area (Å²) in [7, 11) is 2.22. The van der Waals surface area contributed by atoms with Gasteiger partial charge in [-0.1, -0.05) is 13.0 Å². The molecule has 0 bridgehead atoms. The van der Waals surface area contributed by atoms with Gasteiger partial charge in [0.25, 0.3) is 0 Å². The fourth-order valence-electron chi connectivity index (χ4n) is 3.02. The largest absolute Gasteiger partial charge is 0.344 e. The Hall–Kier alpha value is -1.28. The van der Waals surface area contributed by atoms with Gasteiger partial charge >= 0.3 is 0 Å². The number of aryl methyl sites for hydroxylation is 1. The van der Waals surface area contributed by atoms with Gasteiger partial charge in [0.2, 0.25) is 0 Å². The van der Waals surface area contributed by atoms with Crippen LogP contribution in [0.2, 0.25) is 0 Å². The van der Waals surface area contributed by atoms with Crippen LogP contribution < -0.4 is 0 Å². The number of likely N-dealkylation sites (tertiary alicyclic amines) is 1. The van der Waals surface area contributed by atoms with E-state index < -0.39 is 0 Å². The Morgan fingerprint density at radius 3 is 2.67 bits per heavy atom. The summed E-state index contributed by atoms with van der Waals surface area (Å²) in [5.41, 5.74) is 2.84. The van der Waals surface area contributed by atoms with Gasteiger partial charge in [-0.2, -0.15) is 0 Å². The van der Waals surface area contributed by atoms with E-state index in [-0.39, 0.29) is 0 Å². The third-order valence-electron chi connectivity index (χ3n) is 4.27. The number of hydrogen-bond acceptors (Lipinski definition) is 1. The average Bonchev–Trinajstić information content (AvgIpc) is 2.82. The molecule has 2 heterocycles. The molecule has 0 atom stereocenters. The Balaban J connectivity index is 1.93. The quantitative estimate of drug-likeness (QED) is 0.783. The Morgan fingerprint density at radius 1 is 1.17 bits per heavy atom. The van der Waals surface area contributed by atoms with Crippen LogP contribution in [0.25, 0.3) is 10.9 Å². The summed E-state index contributed by atoms with van der Waals surface area (Å²) in [5, 5.41) is 1.40. The van der Waals surface area contributed by atoms with Gasteiger partial charge in [0.15, 0.2) is 0 Å². The second-order valence-electron chi connectivity index (χ2n) is 5.50. The first-order chi connectivity index (χ1) is 8.78. The van der Waals surface area contributed by atoms with Crippen molar-refractivity contribution in [2.75, 3.05) is 20.1 Å². The van der Waals surface area contributed by atoms with E-state index in [9.17, 15) is 0 Å². The predicted molar refractivity (Wildman–Crippen MR) is 77.1 cm³/mol. The van der Waals surface area contributed by atoms with Crippen molar-refractivity contribution in [1.82, 2.24) is 9.47 Å². The molecule has 0 N–H and O–H groups in total. The molecule has 1 saturated heterocycles. The van der Waals surface area contributed by atoms with Crippen molar-refractivity contribution in [3.05, 3.63) is 36.0 Å². The summed E-state index contributed by atoms with van der Waals surface area (Å²) < 4.78 is 2.49. The smallest absolute Gasteiger partial charge is 0.0483 e. The molecule has 1 aliphatic heterocycles. The lowest BCUT2D eigenvalue weighted by atomic mass is 10.0. The van der Waals surface area contributed by atoms with Gasteiger partial charge in [-0.05, 0) is 68.5 Å². The lowest BCUT2D eigenvalue weighted by molar-refractivity contribution is 0.224. The number of nitrogens with zero attached hydrogens (tertiary/aromatic N) is 2. The van der Waals surface area contributed by atoms with Crippen LogP contribution >= 0.6 is 0 Å². The first kappa shape index (κ1) is 11.8. The molecule has 0 radical (unpaired) electrons. The molecule has 3 rings (SSSR count). The van der Waals surface area contributed by atoms with Crippen LogP contribution in [0.1, 0.15) is 31.4 Å². The zero-order valence-electron chi connectivity index (χ0n) is 11.4. The molecule has 18 heavy (non-hydrogen) atoms. The van der Waals surface area contributed by atoms with Crippen molar-refractivity contribution in [3.63, 3.8) is 0 Å². The third-order valence-corrected chi connectivity index (χ3v) is 4.27. The fourth-order valence-corrected chi connectivity index (χ4v) is 3.02. The molecule has 1 fully saturated rings. The zero-order chi connectivity index (χ0) is 12.5. The second kappa shape index (κ2) is 4.77. The molecule has 96 valence electrons. The molecule has 1 aromatic heterocycles. The Kier molecular flexibility index (Phi) is 3.13. The molecule has 2 aromatic rings. The number of piperidine rings is 1. The van der Waals surface area contributed by atoms with E-state index in [1.807, 2.05) is 0 Å². The minimum absolute atomic E-state index is 0.686. The van der Waals surface area contributed by atoms with Gasteiger partial charge in [-0.15, -0.1) is 0 Å². The van der Waals surface area contributed by atoms with Crippen molar-refractivity contribution < 1.29 is 0 Å².